The van der Waals surface area contributed by atoms with E-state index in [1.165, 1.54) is 0 Å². The van der Waals surface area contributed by atoms with Gasteiger partial charge >= 0.3 is 0 Å². The maximum Gasteiger partial charge on any atom is 0.239 e. The average Bonchev–Trinajstić information content (AvgIpc) is 3.14. The Hall–Kier alpha value is -3.35. The second kappa shape index (κ2) is 9.03. The average molecular weight is 381 g/mol. The number of nitrogens with one attached hydrogen (secondary N) is 1. The Morgan fingerprint density at radius 2 is 1.79 bits per heavy atom. The number of hydrogen-bond donors (Lipinski definition) is 1. The van der Waals surface area contributed by atoms with E-state index in [0.717, 1.165) is 11.1 Å². The number of aryl methyl sites for hydroxylation is 1. The van der Waals surface area contributed by atoms with E-state index in [1.54, 1.807) is 33.3 Å². The zero-order chi connectivity index (χ0) is 19.9. The number of aromatic nitrogens is 2. The van der Waals surface area contributed by atoms with Gasteiger partial charge in [-0.25, -0.2) is 0 Å². The monoisotopic (exact) mass is 381 g/mol. The lowest BCUT2D eigenvalue weighted by atomic mass is 10.0. The van der Waals surface area contributed by atoms with E-state index in [4.69, 9.17) is 13.9 Å². The van der Waals surface area contributed by atoms with E-state index < -0.39 is 6.04 Å². The molecule has 0 fully saturated rings. The molecule has 0 aliphatic carbocycles. The van der Waals surface area contributed by atoms with Crippen LogP contribution in [0.5, 0.6) is 11.5 Å². The summed E-state index contributed by atoms with van der Waals surface area (Å²) in [6, 6.07) is 14.9. The number of methoxy groups -OCH3 is 2. The lowest BCUT2D eigenvalue weighted by Crippen LogP contribution is -2.31. The molecule has 146 valence electrons. The molecule has 1 aromatic heterocycles. The van der Waals surface area contributed by atoms with Crippen molar-refractivity contribution in [2.45, 2.75) is 25.8 Å². The predicted molar refractivity (Wildman–Crippen MR) is 103 cm³/mol. The molecule has 0 aliphatic heterocycles. The van der Waals surface area contributed by atoms with Crippen molar-refractivity contribution in [3.8, 4) is 11.5 Å². The molecular weight excluding hydrogens is 358 g/mol. The van der Waals surface area contributed by atoms with Gasteiger partial charge in [-0.05, 0) is 23.3 Å². The van der Waals surface area contributed by atoms with Crippen molar-refractivity contribution in [3.63, 3.8) is 0 Å². The molecule has 0 bridgehead atoms. The van der Waals surface area contributed by atoms with Crippen LogP contribution in [-0.4, -0.2) is 30.3 Å². The second-order valence-corrected chi connectivity index (χ2v) is 6.34. The van der Waals surface area contributed by atoms with Crippen LogP contribution in [0.15, 0.2) is 52.9 Å². The van der Waals surface area contributed by atoms with Gasteiger partial charge in [0, 0.05) is 13.3 Å². The number of nitrogens with zero attached hydrogens (tertiary/aromatic N) is 2. The first-order valence-electron chi connectivity index (χ1n) is 8.93. The second-order valence-electron chi connectivity index (χ2n) is 6.34. The van der Waals surface area contributed by atoms with Gasteiger partial charge < -0.3 is 19.2 Å². The molecule has 1 N–H and O–H groups in total. The maximum atomic E-state index is 12.7. The van der Waals surface area contributed by atoms with Crippen LogP contribution in [0.25, 0.3) is 0 Å². The molecule has 3 aromatic rings. The van der Waals surface area contributed by atoms with Crippen LogP contribution in [0, 0.1) is 6.92 Å². The molecule has 0 saturated carbocycles. The van der Waals surface area contributed by atoms with Crippen molar-refractivity contribution in [1.29, 1.82) is 0 Å². The molecule has 1 heterocycles. The molecule has 7 heteroatoms. The fourth-order valence-electron chi connectivity index (χ4n) is 2.92. The smallest absolute Gasteiger partial charge is 0.239 e. The van der Waals surface area contributed by atoms with Crippen LogP contribution in [0.3, 0.4) is 0 Å². The third-order valence-corrected chi connectivity index (χ3v) is 4.27. The van der Waals surface area contributed by atoms with Gasteiger partial charge in [-0.2, -0.15) is 0 Å². The van der Waals surface area contributed by atoms with Gasteiger partial charge in [-0.15, -0.1) is 10.2 Å². The van der Waals surface area contributed by atoms with Crippen LogP contribution in [-0.2, 0) is 17.6 Å². The highest BCUT2D eigenvalue weighted by Crippen LogP contribution is 2.28. The number of benzene rings is 2. The Balaban J connectivity index is 1.74. The zero-order valence-electron chi connectivity index (χ0n) is 16.1. The maximum absolute atomic E-state index is 12.7. The lowest BCUT2D eigenvalue weighted by molar-refractivity contribution is -0.121. The van der Waals surface area contributed by atoms with Gasteiger partial charge in [0.1, 0.15) is 6.04 Å². The van der Waals surface area contributed by atoms with Gasteiger partial charge in [-0.1, -0.05) is 36.4 Å². The highest BCUT2D eigenvalue weighted by molar-refractivity contribution is 5.79. The van der Waals surface area contributed by atoms with Gasteiger partial charge in [-0.3, -0.25) is 4.79 Å². The summed E-state index contributed by atoms with van der Waals surface area (Å²) in [6.07, 6.45) is 0.749. The summed E-state index contributed by atoms with van der Waals surface area (Å²) >= 11 is 0. The molecule has 0 radical (unpaired) electrons. The molecule has 0 aliphatic rings. The van der Waals surface area contributed by atoms with Gasteiger partial charge in [0.05, 0.1) is 20.6 Å². The molecule has 1 atom stereocenters. The minimum atomic E-state index is -0.406. The standard InChI is InChI=1S/C21H23N3O4/c1-14-23-24-21(28-14)17(11-15-7-5-4-6-8-15)22-20(25)13-16-9-10-18(26-2)19(12-16)27-3/h4-10,12,17H,11,13H2,1-3H3,(H,22,25). The Kier molecular flexibility index (Phi) is 6.26. The molecule has 0 spiro atoms. The fraction of sp³-hybridized carbons (Fsp3) is 0.286. The third-order valence-electron chi connectivity index (χ3n) is 4.27. The first kappa shape index (κ1) is 19.4. The SMILES string of the molecule is COc1ccc(CC(=O)NC(Cc2ccccc2)c2nnc(C)o2)cc1OC. The summed E-state index contributed by atoms with van der Waals surface area (Å²) in [5.74, 6) is 1.91. The molecule has 28 heavy (non-hydrogen) atoms. The molecule has 3 rings (SSSR count). The number of hydrogen-bond acceptors (Lipinski definition) is 6. The van der Waals surface area contributed by atoms with Crippen molar-refractivity contribution in [3.05, 3.63) is 71.4 Å². The lowest BCUT2D eigenvalue weighted by Gasteiger charge is -2.16. The molecule has 1 unspecified atom stereocenters. The van der Waals surface area contributed by atoms with Crippen LogP contribution in [0.2, 0.25) is 0 Å². The van der Waals surface area contributed by atoms with Crippen molar-refractivity contribution >= 4 is 5.91 Å². The van der Waals surface area contributed by atoms with E-state index in [0.29, 0.717) is 29.7 Å². The predicted octanol–water partition coefficient (Wildman–Crippen LogP) is 3.04. The normalized spacial score (nSPS) is 11.7. The van der Waals surface area contributed by atoms with Crippen molar-refractivity contribution in [1.82, 2.24) is 15.5 Å². The van der Waals surface area contributed by atoms with Crippen molar-refractivity contribution in [2.24, 2.45) is 0 Å². The van der Waals surface area contributed by atoms with Gasteiger partial charge in [0.2, 0.25) is 17.7 Å². The van der Waals surface area contributed by atoms with Crippen molar-refractivity contribution < 1.29 is 18.7 Å². The highest BCUT2D eigenvalue weighted by Gasteiger charge is 2.21. The summed E-state index contributed by atoms with van der Waals surface area (Å²) in [6.45, 7) is 1.72. The number of carbonyl (C=O) groups excluding carboxylic acids is 1. The summed E-state index contributed by atoms with van der Waals surface area (Å²) in [4.78, 5) is 12.7. The Labute approximate surface area is 163 Å². The summed E-state index contributed by atoms with van der Waals surface area (Å²) in [5.41, 5.74) is 1.88. The number of carbonyl (C=O) groups is 1. The Morgan fingerprint density at radius 3 is 2.43 bits per heavy atom. The number of rotatable bonds is 8. The van der Waals surface area contributed by atoms with Crippen molar-refractivity contribution in [2.75, 3.05) is 14.2 Å². The minimum Gasteiger partial charge on any atom is -0.493 e. The Bertz CT molecular complexity index is 924. The first-order chi connectivity index (χ1) is 13.6. The van der Waals surface area contributed by atoms with E-state index >= 15 is 0 Å². The molecule has 0 saturated heterocycles. The summed E-state index contributed by atoms with van der Waals surface area (Å²) in [7, 11) is 3.14. The topological polar surface area (TPSA) is 86.5 Å². The number of amides is 1. The van der Waals surface area contributed by atoms with Gasteiger partial charge in [0.25, 0.3) is 0 Å². The third kappa shape index (κ3) is 4.88. The van der Waals surface area contributed by atoms with Crippen LogP contribution in [0.4, 0.5) is 0 Å². The molecule has 7 nitrogen and oxygen atoms in total. The molecular formula is C21H23N3O4. The van der Waals surface area contributed by atoms with E-state index in [2.05, 4.69) is 15.5 Å². The molecule has 2 aromatic carbocycles. The van der Waals surface area contributed by atoms with E-state index in [9.17, 15) is 4.79 Å². The fourth-order valence-corrected chi connectivity index (χ4v) is 2.92. The zero-order valence-corrected chi connectivity index (χ0v) is 16.1. The van der Waals surface area contributed by atoms with Crippen LogP contribution < -0.4 is 14.8 Å². The van der Waals surface area contributed by atoms with E-state index in [1.807, 2.05) is 36.4 Å². The number of ether oxygens (including phenoxy) is 2. The molecule has 1 amide bonds. The largest absolute Gasteiger partial charge is 0.493 e. The quantitative estimate of drug-likeness (QED) is 0.645. The first-order valence-corrected chi connectivity index (χ1v) is 8.93. The van der Waals surface area contributed by atoms with E-state index in [-0.39, 0.29) is 12.3 Å². The summed E-state index contributed by atoms with van der Waals surface area (Å²) in [5, 5.41) is 11.0. The Morgan fingerprint density at radius 1 is 1.04 bits per heavy atom. The van der Waals surface area contributed by atoms with Crippen LogP contribution in [0.1, 0.15) is 29.0 Å². The van der Waals surface area contributed by atoms with Crippen LogP contribution >= 0.6 is 0 Å². The minimum absolute atomic E-state index is 0.149. The summed E-state index contributed by atoms with van der Waals surface area (Å²) < 4.78 is 16.1. The highest BCUT2D eigenvalue weighted by atomic mass is 16.5. The van der Waals surface area contributed by atoms with Gasteiger partial charge in [0.15, 0.2) is 11.5 Å².